The van der Waals surface area contributed by atoms with Crippen molar-refractivity contribution in [3.8, 4) is 0 Å². The second-order valence-electron chi connectivity index (χ2n) is 3.80. The maximum Gasteiger partial charge on any atom is 0.303 e. The molecule has 2 aromatic rings. The molecule has 0 aliphatic heterocycles. The number of fused-ring (bicyclic) bond motifs is 1. The normalized spacial score (nSPS) is 10.9. The highest BCUT2D eigenvalue weighted by atomic mass is 35.5. The van der Waals surface area contributed by atoms with Crippen LogP contribution in [0.4, 0.5) is 0 Å². The van der Waals surface area contributed by atoms with Crippen LogP contribution in [0, 0.1) is 6.92 Å². The monoisotopic (exact) mass is 237 g/mol. The summed E-state index contributed by atoms with van der Waals surface area (Å²) in [5.41, 5.74) is 3.02. The van der Waals surface area contributed by atoms with Gasteiger partial charge in [-0.1, -0.05) is 17.7 Å². The highest BCUT2D eigenvalue weighted by molar-refractivity contribution is 6.32. The zero-order valence-electron chi connectivity index (χ0n) is 8.88. The standard InChI is InChI=1S/C12H12ClNO2/c1-7-10(13)4-3-9-8(2-5-11(15)16)6-14-12(7)9/h3-4,6,14H,2,5H2,1H3,(H,15,16). The number of hydrogen-bond donors (Lipinski definition) is 2. The van der Waals surface area contributed by atoms with Gasteiger partial charge in [0.2, 0.25) is 0 Å². The zero-order valence-corrected chi connectivity index (χ0v) is 9.64. The molecule has 1 heterocycles. The van der Waals surface area contributed by atoms with Crippen LogP contribution in [0.15, 0.2) is 18.3 Å². The molecule has 2 N–H and O–H groups in total. The summed E-state index contributed by atoms with van der Waals surface area (Å²) in [6.07, 6.45) is 2.54. The maximum absolute atomic E-state index is 10.5. The summed E-state index contributed by atoms with van der Waals surface area (Å²) in [5, 5.41) is 10.4. The molecular weight excluding hydrogens is 226 g/mol. The minimum atomic E-state index is -0.778. The van der Waals surface area contributed by atoms with E-state index in [4.69, 9.17) is 16.7 Å². The molecule has 16 heavy (non-hydrogen) atoms. The highest BCUT2D eigenvalue weighted by Crippen LogP contribution is 2.27. The number of carboxylic acids is 1. The molecule has 0 radical (unpaired) electrons. The third-order valence-corrected chi connectivity index (χ3v) is 3.15. The number of carboxylic acid groups (broad SMARTS) is 1. The average molecular weight is 238 g/mol. The van der Waals surface area contributed by atoms with Crippen molar-refractivity contribution in [3.63, 3.8) is 0 Å². The van der Waals surface area contributed by atoms with Gasteiger partial charge in [-0.2, -0.15) is 0 Å². The first kappa shape index (κ1) is 11.0. The SMILES string of the molecule is Cc1c(Cl)ccc2c(CCC(=O)O)c[nH]c12. The summed E-state index contributed by atoms with van der Waals surface area (Å²) < 4.78 is 0. The van der Waals surface area contributed by atoms with Crippen molar-refractivity contribution in [2.75, 3.05) is 0 Å². The number of nitrogens with one attached hydrogen (secondary N) is 1. The quantitative estimate of drug-likeness (QED) is 0.862. The van der Waals surface area contributed by atoms with Gasteiger partial charge in [0.15, 0.2) is 0 Å². The largest absolute Gasteiger partial charge is 0.481 e. The molecule has 3 nitrogen and oxygen atoms in total. The van der Waals surface area contributed by atoms with Gasteiger partial charge < -0.3 is 10.1 Å². The average Bonchev–Trinajstić information content (AvgIpc) is 2.64. The third kappa shape index (κ3) is 1.91. The predicted octanol–water partition coefficient (Wildman–Crippen LogP) is 3.15. The summed E-state index contributed by atoms with van der Waals surface area (Å²) in [4.78, 5) is 13.7. The Morgan fingerprint density at radius 1 is 1.50 bits per heavy atom. The second-order valence-corrected chi connectivity index (χ2v) is 4.21. The lowest BCUT2D eigenvalue weighted by Crippen LogP contribution is -1.96. The topological polar surface area (TPSA) is 53.1 Å². The lowest BCUT2D eigenvalue weighted by atomic mass is 10.1. The Morgan fingerprint density at radius 2 is 2.25 bits per heavy atom. The van der Waals surface area contributed by atoms with Gasteiger partial charge in [-0.15, -0.1) is 0 Å². The third-order valence-electron chi connectivity index (χ3n) is 2.74. The Labute approximate surface area is 98.0 Å². The van der Waals surface area contributed by atoms with Gasteiger partial charge in [0.05, 0.1) is 5.52 Å². The van der Waals surface area contributed by atoms with E-state index in [0.29, 0.717) is 6.42 Å². The van der Waals surface area contributed by atoms with Crippen LogP contribution < -0.4 is 0 Å². The number of aryl methyl sites for hydroxylation is 2. The van der Waals surface area contributed by atoms with E-state index in [2.05, 4.69) is 4.98 Å². The highest BCUT2D eigenvalue weighted by Gasteiger charge is 2.09. The van der Waals surface area contributed by atoms with Crippen molar-refractivity contribution in [1.82, 2.24) is 4.98 Å². The molecule has 0 unspecified atom stereocenters. The van der Waals surface area contributed by atoms with E-state index >= 15 is 0 Å². The summed E-state index contributed by atoms with van der Waals surface area (Å²) in [6.45, 7) is 1.95. The molecule has 0 atom stereocenters. The molecule has 84 valence electrons. The Balaban J connectivity index is 2.42. The number of aromatic amines is 1. The Kier molecular flexibility index (Phi) is 2.88. The van der Waals surface area contributed by atoms with Crippen LogP contribution >= 0.6 is 11.6 Å². The molecule has 0 amide bonds. The van der Waals surface area contributed by atoms with Gasteiger partial charge in [0, 0.05) is 23.0 Å². The summed E-state index contributed by atoms with van der Waals surface area (Å²) in [5.74, 6) is -0.778. The molecule has 0 fully saturated rings. The number of H-pyrrole nitrogens is 1. The van der Waals surface area contributed by atoms with Crippen LogP contribution in [0.25, 0.3) is 10.9 Å². The van der Waals surface area contributed by atoms with E-state index in [1.165, 1.54) is 0 Å². The van der Waals surface area contributed by atoms with Gasteiger partial charge >= 0.3 is 5.97 Å². The molecule has 0 bridgehead atoms. The number of halogens is 1. The van der Waals surface area contributed by atoms with Gasteiger partial charge in [-0.25, -0.2) is 0 Å². The van der Waals surface area contributed by atoms with E-state index in [1.54, 1.807) is 0 Å². The van der Waals surface area contributed by atoms with Crippen LogP contribution in [0.2, 0.25) is 5.02 Å². The molecular formula is C12H12ClNO2. The van der Waals surface area contributed by atoms with E-state index in [1.807, 2.05) is 25.3 Å². The summed E-state index contributed by atoms with van der Waals surface area (Å²) >= 11 is 6.01. The van der Waals surface area contributed by atoms with Crippen molar-refractivity contribution in [3.05, 3.63) is 34.5 Å². The molecule has 1 aromatic carbocycles. The smallest absolute Gasteiger partial charge is 0.303 e. The molecule has 0 saturated heterocycles. The van der Waals surface area contributed by atoms with Crippen LogP contribution in [-0.4, -0.2) is 16.1 Å². The first-order chi connectivity index (χ1) is 7.59. The number of benzene rings is 1. The fourth-order valence-electron chi connectivity index (χ4n) is 1.83. The van der Waals surface area contributed by atoms with Gasteiger partial charge in [-0.05, 0) is 30.5 Å². The Hall–Kier alpha value is -1.48. The molecule has 1 aromatic heterocycles. The van der Waals surface area contributed by atoms with Crippen LogP contribution in [0.3, 0.4) is 0 Å². The predicted molar refractivity (Wildman–Crippen MR) is 64.0 cm³/mol. The van der Waals surface area contributed by atoms with E-state index < -0.39 is 5.97 Å². The van der Waals surface area contributed by atoms with E-state index in [9.17, 15) is 4.79 Å². The fraction of sp³-hybridized carbons (Fsp3) is 0.250. The lowest BCUT2D eigenvalue weighted by molar-refractivity contribution is -0.136. The maximum atomic E-state index is 10.5. The van der Waals surface area contributed by atoms with Crippen molar-refractivity contribution in [1.29, 1.82) is 0 Å². The number of aliphatic carboxylic acids is 1. The van der Waals surface area contributed by atoms with Crippen LogP contribution in [-0.2, 0) is 11.2 Å². The van der Waals surface area contributed by atoms with Gasteiger partial charge in [0.1, 0.15) is 0 Å². The van der Waals surface area contributed by atoms with Crippen molar-refractivity contribution < 1.29 is 9.90 Å². The number of carbonyl (C=O) groups is 1. The zero-order chi connectivity index (χ0) is 11.7. The van der Waals surface area contributed by atoms with Gasteiger partial charge in [0.25, 0.3) is 0 Å². The first-order valence-electron chi connectivity index (χ1n) is 5.06. The molecule has 0 spiro atoms. The Morgan fingerprint density at radius 3 is 2.94 bits per heavy atom. The molecule has 2 rings (SSSR count). The van der Waals surface area contributed by atoms with E-state index in [-0.39, 0.29) is 6.42 Å². The summed E-state index contributed by atoms with van der Waals surface area (Å²) in [7, 11) is 0. The van der Waals surface area contributed by atoms with Gasteiger partial charge in [-0.3, -0.25) is 4.79 Å². The van der Waals surface area contributed by atoms with Crippen molar-refractivity contribution in [2.45, 2.75) is 19.8 Å². The first-order valence-corrected chi connectivity index (χ1v) is 5.44. The van der Waals surface area contributed by atoms with Crippen molar-refractivity contribution in [2.24, 2.45) is 0 Å². The van der Waals surface area contributed by atoms with Crippen molar-refractivity contribution >= 4 is 28.5 Å². The molecule has 0 aliphatic carbocycles. The number of hydrogen-bond acceptors (Lipinski definition) is 1. The Bertz CT molecular complexity index is 545. The molecule has 4 heteroatoms. The number of aromatic nitrogens is 1. The lowest BCUT2D eigenvalue weighted by Gasteiger charge is -2.00. The van der Waals surface area contributed by atoms with E-state index in [0.717, 1.165) is 27.1 Å². The second kappa shape index (κ2) is 4.18. The fourth-order valence-corrected chi connectivity index (χ4v) is 1.98. The minimum Gasteiger partial charge on any atom is -0.481 e. The van der Waals surface area contributed by atoms with Crippen LogP contribution in [0.5, 0.6) is 0 Å². The molecule has 0 aliphatic rings. The summed E-state index contributed by atoms with van der Waals surface area (Å²) in [6, 6.07) is 3.77. The minimum absolute atomic E-state index is 0.147. The molecule has 0 saturated carbocycles. The number of rotatable bonds is 3. The van der Waals surface area contributed by atoms with Crippen LogP contribution in [0.1, 0.15) is 17.5 Å².